The molecule has 110 valence electrons. The predicted molar refractivity (Wildman–Crippen MR) is 80.5 cm³/mol. The Hall–Kier alpha value is -0.120. The van der Waals surface area contributed by atoms with E-state index in [0.29, 0.717) is 0 Å². The van der Waals surface area contributed by atoms with Crippen LogP contribution in [0.4, 0.5) is 0 Å². The van der Waals surface area contributed by atoms with Gasteiger partial charge in [-0.2, -0.15) is 0 Å². The Labute approximate surface area is 118 Å². The van der Waals surface area contributed by atoms with E-state index in [1.165, 1.54) is 77.7 Å². The van der Waals surface area contributed by atoms with Crippen molar-refractivity contribution in [2.24, 2.45) is 0 Å². The molecule has 0 aromatic carbocycles. The number of hydrogen-bond donors (Lipinski definition) is 1. The van der Waals surface area contributed by atoms with E-state index in [1.807, 2.05) is 0 Å². The molecule has 3 unspecified atom stereocenters. The third kappa shape index (κ3) is 3.32. The lowest BCUT2D eigenvalue weighted by Crippen LogP contribution is -2.38. The van der Waals surface area contributed by atoms with E-state index in [-0.39, 0.29) is 0 Å². The Morgan fingerprint density at radius 3 is 2.58 bits per heavy atom. The van der Waals surface area contributed by atoms with E-state index in [1.54, 1.807) is 0 Å². The highest BCUT2D eigenvalue weighted by Crippen LogP contribution is 2.29. The Balaban J connectivity index is 1.43. The normalized spacial score (nSPS) is 37.4. The van der Waals surface area contributed by atoms with Crippen molar-refractivity contribution >= 4 is 0 Å². The van der Waals surface area contributed by atoms with Gasteiger partial charge in [-0.05, 0) is 64.6 Å². The molecule has 3 rings (SSSR count). The van der Waals surface area contributed by atoms with Crippen molar-refractivity contribution in [2.75, 3.05) is 32.7 Å². The average molecular weight is 265 g/mol. The molecule has 3 fully saturated rings. The largest absolute Gasteiger partial charge is 0.314 e. The standard InChI is InChI=1S/C16H31N3/c1-2-8-17-14-5-6-15(12-14)19-11-7-16(13-19)18-9-3-4-10-18/h14-17H,2-13H2,1H3. The molecule has 0 aromatic rings. The zero-order valence-corrected chi connectivity index (χ0v) is 12.6. The van der Waals surface area contributed by atoms with Crippen LogP contribution in [0.5, 0.6) is 0 Å². The van der Waals surface area contributed by atoms with Gasteiger partial charge >= 0.3 is 0 Å². The SMILES string of the molecule is CCCNC1CCC(N2CCC(N3CCCC3)C2)C1. The first-order chi connectivity index (χ1) is 9.36. The van der Waals surface area contributed by atoms with E-state index in [2.05, 4.69) is 22.0 Å². The van der Waals surface area contributed by atoms with Crippen LogP contribution in [0.15, 0.2) is 0 Å². The van der Waals surface area contributed by atoms with Gasteiger partial charge in [0, 0.05) is 31.2 Å². The summed E-state index contributed by atoms with van der Waals surface area (Å²) in [6.07, 6.45) is 9.77. The summed E-state index contributed by atoms with van der Waals surface area (Å²) in [5.41, 5.74) is 0. The van der Waals surface area contributed by atoms with Crippen molar-refractivity contribution in [1.29, 1.82) is 0 Å². The Bertz CT molecular complexity index is 275. The zero-order valence-electron chi connectivity index (χ0n) is 12.6. The van der Waals surface area contributed by atoms with Crippen LogP contribution in [0.1, 0.15) is 51.9 Å². The van der Waals surface area contributed by atoms with Gasteiger partial charge in [-0.25, -0.2) is 0 Å². The van der Waals surface area contributed by atoms with Crippen LogP contribution in [0, 0.1) is 0 Å². The van der Waals surface area contributed by atoms with E-state index in [9.17, 15) is 0 Å². The van der Waals surface area contributed by atoms with Gasteiger partial charge in [0.25, 0.3) is 0 Å². The van der Waals surface area contributed by atoms with Crippen LogP contribution in [0.25, 0.3) is 0 Å². The molecule has 0 spiro atoms. The summed E-state index contributed by atoms with van der Waals surface area (Å²) in [5.74, 6) is 0. The molecule has 2 heterocycles. The molecule has 1 aliphatic carbocycles. The third-order valence-electron chi connectivity index (χ3n) is 5.46. The summed E-state index contributed by atoms with van der Waals surface area (Å²) in [5, 5.41) is 3.71. The van der Waals surface area contributed by atoms with E-state index in [4.69, 9.17) is 0 Å². The summed E-state index contributed by atoms with van der Waals surface area (Å²) in [4.78, 5) is 5.55. The maximum Gasteiger partial charge on any atom is 0.0235 e. The first-order valence-corrected chi connectivity index (χ1v) is 8.58. The van der Waals surface area contributed by atoms with Gasteiger partial charge in [0.2, 0.25) is 0 Å². The van der Waals surface area contributed by atoms with E-state index >= 15 is 0 Å². The van der Waals surface area contributed by atoms with Crippen molar-refractivity contribution in [1.82, 2.24) is 15.1 Å². The Kier molecular flexibility index (Phi) is 4.78. The molecule has 2 aliphatic heterocycles. The van der Waals surface area contributed by atoms with Crippen molar-refractivity contribution in [2.45, 2.75) is 70.0 Å². The van der Waals surface area contributed by atoms with Gasteiger partial charge in [0.15, 0.2) is 0 Å². The lowest BCUT2D eigenvalue weighted by atomic mass is 10.2. The number of nitrogens with zero attached hydrogens (tertiary/aromatic N) is 2. The molecule has 19 heavy (non-hydrogen) atoms. The van der Waals surface area contributed by atoms with Crippen molar-refractivity contribution in [3.05, 3.63) is 0 Å². The van der Waals surface area contributed by atoms with E-state index in [0.717, 1.165) is 18.1 Å². The van der Waals surface area contributed by atoms with Crippen LogP contribution < -0.4 is 5.32 Å². The fraction of sp³-hybridized carbons (Fsp3) is 1.00. The highest BCUT2D eigenvalue weighted by Gasteiger charge is 2.35. The molecule has 0 radical (unpaired) electrons. The maximum absolute atomic E-state index is 3.71. The molecular weight excluding hydrogens is 234 g/mol. The first-order valence-electron chi connectivity index (χ1n) is 8.58. The van der Waals surface area contributed by atoms with Crippen LogP contribution in [-0.2, 0) is 0 Å². The van der Waals surface area contributed by atoms with Gasteiger partial charge in [-0.15, -0.1) is 0 Å². The maximum atomic E-state index is 3.71. The fourth-order valence-corrected chi connectivity index (χ4v) is 4.33. The van der Waals surface area contributed by atoms with E-state index < -0.39 is 0 Å². The topological polar surface area (TPSA) is 18.5 Å². The Morgan fingerprint density at radius 1 is 0.947 bits per heavy atom. The highest BCUT2D eigenvalue weighted by molar-refractivity contribution is 4.93. The van der Waals surface area contributed by atoms with Crippen molar-refractivity contribution < 1.29 is 0 Å². The zero-order chi connectivity index (χ0) is 13.1. The lowest BCUT2D eigenvalue weighted by molar-refractivity contribution is 0.199. The molecule has 3 atom stereocenters. The molecule has 3 heteroatoms. The molecule has 1 N–H and O–H groups in total. The van der Waals surface area contributed by atoms with Crippen molar-refractivity contribution in [3.8, 4) is 0 Å². The molecule has 2 saturated heterocycles. The minimum absolute atomic E-state index is 0.802. The van der Waals surface area contributed by atoms with Gasteiger partial charge in [0.1, 0.15) is 0 Å². The summed E-state index contributed by atoms with van der Waals surface area (Å²) < 4.78 is 0. The molecular formula is C16H31N3. The highest BCUT2D eigenvalue weighted by atomic mass is 15.3. The average Bonchev–Trinajstić information content (AvgIpc) is 3.14. The number of hydrogen-bond acceptors (Lipinski definition) is 3. The summed E-state index contributed by atoms with van der Waals surface area (Å²) in [6.45, 7) is 8.90. The molecule has 0 aromatic heterocycles. The second-order valence-corrected chi connectivity index (χ2v) is 6.80. The second kappa shape index (κ2) is 6.55. The Morgan fingerprint density at radius 2 is 1.79 bits per heavy atom. The number of likely N-dealkylation sites (tertiary alicyclic amines) is 2. The van der Waals surface area contributed by atoms with Crippen LogP contribution in [0.3, 0.4) is 0 Å². The summed E-state index contributed by atoms with van der Waals surface area (Å²) in [7, 11) is 0. The minimum atomic E-state index is 0.802. The smallest absolute Gasteiger partial charge is 0.0235 e. The van der Waals surface area contributed by atoms with Crippen LogP contribution >= 0.6 is 0 Å². The molecule has 0 amide bonds. The summed E-state index contributed by atoms with van der Waals surface area (Å²) in [6, 6.07) is 2.56. The monoisotopic (exact) mass is 265 g/mol. The quantitative estimate of drug-likeness (QED) is 0.821. The van der Waals surface area contributed by atoms with Gasteiger partial charge in [0.05, 0.1) is 0 Å². The van der Waals surface area contributed by atoms with Crippen LogP contribution in [-0.4, -0.2) is 60.6 Å². The molecule has 3 nitrogen and oxygen atoms in total. The first kappa shape index (κ1) is 13.8. The lowest BCUT2D eigenvalue weighted by Gasteiger charge is -2.27. The van der Waals surface area contributed by atoms with Gasteiger partial charge in [-0.3, -0.25) is 9.80 Å². The van der Waals surface area contributed by atoms with Gasteiger partial charge in [-0.1, -0.05) is 6.92 Å². The summed E-state index contributed by atoms with van der Waals surface area (Å²) >= 11 is 0. The molecule has 1 saturated carbocycles. The minimum Gasteiger partial charge on any atom is -0.314 e. The number of nitrogens with one attached hydrogen (secondary N) is 1. The fourth-order valence-electron chi connectivity index (χ4n) is 4.33. The second-order valence-electron chi connectivity index (χ2n) is 6.80. The van der Waals surface area contributed by atoms with Gasteiger partial charge < -0.3 is 5.32 Å². The van der Waals surface area contributed by atoms with Crippen molar-refractivity contribution in [3.63, 3.8) is 0 Å². The molecule has 0 bridgehead atoms. The third-order valence-corrected chi connectivity index (χ3v) is 5.46. The predicted octanol–water partition coefficient (Wildman–Crippen LogP) is 2.08. The number of rotatable bonds is 5. The molecule has 3 aliphatic rings. The van der Waals surface area contributed by atoms with Crippen LogP contribution in [0.2, 0.25) is 0 Å².